The van der Waals surface area contributed by atoms with E-state index in [0.717, 1.165) is 6.42 Å². The van der Waals surface area contributed by atoms with Crippen molar-refractivity contribution in [1.82, 2.24) is 5.32 Å². The summed E-state index contributed by atoms with van der Waals surface area (Å²) in [6.07, 6.45) is 6.48. The molecule has 2 rings (SSSR count). The predicted molar refractivity (Wildman–Crippen MR) is 53.7 cm³/mol. The Hall–Kier alpha value is -0.570. The lowest BCUT2D eigenvalue weighted by atomic mass is 9.82. The number of hydrogen-bond donors (Lipinski definition) is 2. The maximum Gasteiger partial charge on any atom is 0.220 e. The second kappa shape index (κ2) is 4.30. The van der Waals surface area contributed by atoms with Gasteiger partial charge in [-0.15, -0.1) is 0 Å². The van der Waals surface area contributed by atoms with Crippen molar-refractivity contribution in [3.05, 3.63) is 0 Å². The molecule has 1 saturated carbocycles. The minimum atomic E-state index is 0.173. The summed E-state index contributed by atoms with van der Waals surface area (Å²) >= 11 is 0. The van der Waals surface area contributed by atoms with Gasteiger partial charge in [0.2, 0.25) is 5.91 Å². The Balaban J connectivity index is 2.00. The van der Waals surface area contributed by atoms with E-state index in [-0.39, 0.29) is 18.6 Å². The summed E-state index contributed by atoms with van der Waals surface area (Å²) in [5.41, 5.74) is 0. The SMILES string of the molecule is O=C1CC[C@H](CO)[C@@H](C2CCCC2)N1. The molecule has 1 amide bonds. The van der Waals surface area contributed by atoms with Crippen LogP contribution in [0.15, 0.2) is 0 Å². The minimum Gasteiger partial charge on any atom is -0.396 e. The number of nitrogens with one attached hydrogen (secondary N) is 1. The molecule has 0 spiro atoms. The summed E-state index contributed by atoms with van der Waals surface area (Å²) in [5.74, 6) is 1.10. The second-order valence-electron chi connectivity index (χ2n) is 4.62. The molecule has 2 N–H and O–H groups in total. The van der Waals surface area contributed by atoms with Crippen LogP contribution in [0, 0.1) is 11.8 Å². The van der Waals surface area contributed by atoms with Gasteiger partial charge in [-0.05, 0) is 25.2 Å². The first-order chi connectivity index (χ1) is 6.81. The van der Waals surface area contributed by atoms with E-state index in [1.807, 2.05) is 0 Å². The molecule has 1 aliphatic carbocycles. The van der Waals surface area contributed by atoms with Crippen LogP contribution in [0.5, 0.6) is 0 Å². The lowest BCUT2D eigenvalue weighted by molar-refractivity contribution is -0.125. The molecule has 1 heterocycles. The first-order valence-corrected chi connectivity index (χ1v) is 5.71. The van der Waals surface area contributed by atoms with Gasteiger partial charge in [-0.1, -0.05) is 12.8 Å². The zero-order chi connectivity index (χ0) is 9.97. The first kappa shape index (κ1) is 9.97. The Morgan fingerprint density at radius 3 is 2.64 bits per heavy atom. The zero-order valence-electron chi connectivity index (χ0n) is 8.54. The number of carbonyl (C=O) groups is 1. The Morgan fingerprint density at radius 1 is 1.29 bits per heavy atom. The van der Waals surface area contributed by atoms with Crippen LogP contribution in [0.25, 0.3) is 0 Å². The third-order valence-corrected chi connectivity index (χ3v) is 3.72. The number of aliphatic hydroxyl groups is 1. The van der Waals surface area contributed by atoms with E-state index in [9.17, 15) is 9.90 Å². The highest BCUT2D eigenvalue weighted by Crippen LogP contribution is 2.33. The van der Waals surface area contributed by atoms with Gasteiger partial charge in [0.05, 0.1) is 0 Å². The van der Waals surface area contributed by atoms with Crippen molar-refractivity contribution in [3.8, 4) is 0 Å². The van der Waals surface area contributed by atoms with Gasteiger partial charge in [-0.25, -0.2) is 0 Å². The van der Waals surface area contributed by atoms with Crippen molar-refractivity contribution in [2.75, 3.05) is 6.61 Å². The van der Waals surface area contributed by atoms with Crippen molar-refractivity contribution in [1.29, 1.82) is 0 Å². The van der Waals surface area contributed by atoms with E-state index in [4.69, 9.17) is 0 Å². The van der Waals surface area contributed by atoms with Crippen LogP contribution in [0.4, 0.5) is 0 Å². The standard InChI is InChI=1S/C11H19NO2/c13-7-9-5-6-10(14)12-11(9)8-3-1-2-4-8/h8-9,11,13H,1-7H2,(H,12,14)/t9-,11-/m1/s1. The minimum absolute atomic E-state index is 0.173. The van der Waals surface area contributed by atoms with Gasteiger partial charge in [0.1, 0.15) is 0 Å². The van der Waals surface area contributed by atoms with Crippen LogP contribution >= 0.6 is 0 Å². The highest BCUT2D eigenvalue weighted by molar-refractivity contribution is 5.77. The number of amides is 1. The lowest BCUT2D eigenvalue weighted by Crippen LogP contribution is -2.49. The fourth-order valence-corrected chi connectivity index (χ4v) is 2.90. The quantitative estimate of drug-likeness (QED) is 0.695. The Labute approximate surface area is 84.9 Å². The molecular formula is C11H19NO2. The summed E-state index contributed by atoms with van der Waals surface area (Å²) in [4.78, 5) is 11.3. The Morgan fingerprint density at radius 2 is 2.00 bits per heavy atom. The molecule has 80 valence electrons. The van der Waals surface area contributed by atoms with Crippen LogP contribution in [-0.4, -0.2) is 23.7 Å². The molecule has 0 aromatic rings. The van der Waals surface area contributed by atoms with Crippen LogP contribution in [0.1, 0.15) is 38.5 Å². The van der Waals surface area contributed by atoms with Gasteiger partial charge in [-0.2, -0.15) is 0 Å². The molecule has 3 heteroatoms. The van der Waals surface area contributed by atoms with E-state index >= 15 is 0 Å². The van der Waals surface area contributed by atoms with Gasteiger partial charge in [-0.3, -0.25) is 4.79 Å². The largest absolute Gasteiger partial charge is 0.396 e. The zero-order valence-corrected chi connectivity index (χ0v) is 8.54. The maximum atomic E-state index is 11.3. The number of hydrogen-bond acceptors (Lipinski definition) is 2. The Kier molecular flexibility index (Phi) is 3.06. The average molecular weight is 197 g/mol. The van der Waals surface area contributed by atoms with E-state index in [1.54, 1.807) is 0 Å². The van der Waals surface area contributed by atoms with Crippen molar-refractivity contribution in [2.45, 2.75) is 44.6 Å². The summed E-state index contributed by atoms with van der Waals surface area (Å²) in [5, 5.41) is 12.3. The first-order valence-electron chi connectivity index (χ1n) is 5.71. The van der Waals surface area contributed by atoms with E-state index in [2.05, 4.69) is 5.32 Å². The molecule has 3 nitrogen and oxygen atoms in total. The van der Waals surface area contributed by atoms with Gasteiger partial charge < -0.3 is 10.4 Å². The molecule has 0 unspecified atom stereocenters. The lowest BCUT2D eigenvalue weighted by Gasteiger charge is -2.35. The number of carbonyl (C=O) groups excluding carboxylic acids is 1. The monoisotopic (exact) mass is 197 g/mol. The highest BCUT2D eigenvalue weighted by Gasteiger charge is 2.35. The van der Waals surface area contributed by atoms with Crippen LogP contribution < -0.4 is 5.32 Å². The molecule has 2 aliphatic rings. The maximum absolute atomic E-state index is 11.3. The molecule has 14 heavy (non-hydrogen) atoms. The van der Waals surface area contributed by atoms with Gasteiger partial charge >= 0.3 is 0 Å². The summed E-state index contributed by atoms with van der Waals surface area (Å²) < 4.78 is 0. The molecule has 0 bridgehead atoms. The molecule has 1 aliphatic heterocycles. The fourth-order valence-electron chi connectivity index (χ4n) is 2.90. The van der Waals surface area contributed by atoms with Crippen LogP contribution in [0.3, 0.4) is 0 Å². The normalized spacial score (nSPS) is 34.5. The topological polar surface area (TPSA) is 49.3 Å². The molecule has 0 aromatic carbocycles. The van der Waals surface area contributed by atoms with Crippen LogP contribution in [0.2, 0.25) is 0 Å². The van der Waals surface area contributed by atoms with Crippen molar-refractivity contribution >= 4 is 5.91 Å². The summed E-state index contributed by atoms with van der Waals surface area (Å²) in [6.45, 7) is 0.224. The second-order valence-corrected chi connectivity index (χ2v) is 4.62. The molecular weight excluding hydrogens is 178 g/mol. The van der Waals surface area contributed by atoms with Gasteiger partial charge in [0.25, 0.3) is 0 Å². The summed E-state index contributed by atoms with van der Waals surface area (Å²) in [7, 11) is 0. The van der Waals surface area contributed by atoms with E-state index in [0.29, 0.717) is 18.3 Å². The highest BCUT2D eigenvalue weighted by atomic mass is 16.3. The molecule has 0 aromatic heterocycles. The third-order valence-electron chi connectivity index (χ3n) is 3.72. The molecule has 2 fully saturated rings. The van der Waals surface area contributed by atoms with Gasteiger partial charge in [0, 0.05) is 25.0 Å². The van der Waals surface area contributed by atoms with Crippen molar-refractivity contribution in [3.63, 3.8) is 0 Å². The molecule has 2 atom stereocenters. The van der Waals surface area contributed by atoms with Crippen molar-refractivity contribution in [2.24, 2.45) is 11.8 Å². The number of rotatable bonds is 2. The average Bonchev–Trinajstić information content (AvgIpc) is 2.70. The summed E-state index contributed by atoms with van der Waals surface area (Å²) in [6, 6.07) is 0.253. The number of piperidine rings is 1. The Bertz CT molecular complexity index is 209. The van der Waals surface area contributed by atoms with E-state index < -0.39 is 0 Å². The third kappa shape index (κ3) is 1.92. The smallest absolute Gasteiger partial charge is 0.220 e. The predicted octanol–water partition coefficient (Wildman–Crippen LogP) is 1.06. The number of aliphatic hydroxyl groups excluding tert-OH is 1. The van der Waals surface area contributed by atoms with Gasteiger partial charge in [0.15, 0.2) is 0 Å². The van der Waals surface area contributed by atoms with Crippen LogP contribution in [-0.2, 0) is 4.79 Å². The fraction of sp³-hybridized carbons (Fsp3) is 0.909. The molecule has 0 radical (unpaired) electrons. The molecule has 1 saturated heterocycles. The van der Waals surface area contributed by atoms with E-state index in [1.165, 1.54) is 25.7 Å². The van der Waals surface area contributed by atoms with Crippen molar-refractivity contribution < 1.29 is 9.90 Å².